The summed E-state index contributed by atoms with van der Waals surface area (Å²) in [6, 6.07) is 0. The van der Waals surface area contributed by atoms with Crippen LogP contribution in [-0.4, -0.2) is 22.4 Å². The van der Waals surface area contributed by atoms with Crippen LogP contribution in [0.5, 0.6) is 0 Å². The minimum Gasteiger partial charge on any atom is -0.392 e. The summed E-state index contributed by atoms with van der Waals surface area (Å²) in [7, 11) is 0. The van der Waals surface area contributed by atoms with Gasteiger partial charge in [-0.1, -0.05) is 55.4 Å². The van der Waals surface area contributed by atoms with Crippen molar-refractivity contribution >= 4 is 0 Å². The molecule has 0 fully saturated rings. The fourth-order valence-corrected chi connectivity index (χ4v) is 2.43. The lowest BCUT2D eigenvalue weighted by atomic mass is 9.58. The molecule has 98 valence electrons. The SMILES string of the molecule is CC(C)C(O)C(C)(C)C(C)(C)C(O)C(C)C. The summed E-state index contributed by atoms with van der Waals surface area (Å²) in [5.41, 5.74) is -0.629. The van der Waals surface area contributed by atoms with Gasteiger partial charge in [0.2, 0.25) is 0 Å². The van der Waals surface area contributed by atoms with Crippen LogP contribution in [-0.2, 0) is 0 Å². The van der Waals surface area contributed by atoms with Gasteiger partial charge in [-0.2, -0.15) is 0 Å². The van der Waals surface area contributed by atoms with Crippen molar-refractivity contribution in [2.45, 2.75) is 67.6 Å². The van der Waals surface area contributed by atoms with Gasteiger partial charge in [-0.25, -0.2) is 0 Å². The summed E-state index contributed by atoms with van der Waals surface area (Å²) in [4.78, 5) is 0. The maximum absolute atomic E-state index is 10.3. The highest BCUT2D eigenvalue weighted by Crippen LogP contribution is 2.47. The van der Waals surface area contributed by atoms with E-state index in [1.165, 1.54) is 0 Å². The second-order valence-electron chi connectivity index (χ2n) is 6.82. The third-order valence-electron chi connectivity index (χ3n) is 4.40. The first-order chi connectivity index (χ1) is 6.96. The van der Waals surface area contributed by atoms with Crippen molar-refractivity contribution in [2.75, 3.05) is 0 Å². The third kappa shape index (κ3) is 2.78. The molecule has 0 saturated heterocycles. The zero-order valence-electron chi connectivity index (χ0n) is 12.2. The molecule has 2 unspecified atom stereocenters. The number of aliphatic hydroxyl groups excluding tert-OH is 2. The topological polar surface area (TPSA) is 40.5 Å². The molecule has 0 spiro atoms. The van der Waals surface area contributed by atoms with E-state index in [1.807, 2.05) is 55.4 Å². The van der Waals surface area contributed by atoms with Crippen molar-refractivity contribution in [3.63, 3.8) is 0 Å². The van der Waals surface area contributed by atoms with Gasteiger partial charge in [0, 0.05) is 0 Å². The van der Waals surface area contributed by atoms with Crippen LogP contribution in [0.4, 0.5) is 0 Å². The maximum Gasteiger partial charge on any atom is 0.0620 e. The Bertz CT molecular complexity index is 193. The molecule has 16 heavy (non-hydrogen) atoms. The molecule has 0 heterocycles. The standard InChI is InChI=1S/C14H30O2/c1-9(2)11(15)13(5,6)14(7,8)12(16)10(3)4/h9-12,15-16H,1-8H3. The molecule has 2 nitrogen and oxygen atoms in total. The van der Waals surface area contributed by atoms with Crippen LogP contribution in [0.3, 0.4) is 0 Å². The molecule has 0 aliphatic heterocycles. The molecule has 2 N–H and O–H groups in total. The van der Waals surface area contributed by atoms with Crippen molar-refractivity contribution < 1.29 is 10.2 Å². The summed E-state index contributed by atoms with van der Waals surface area (Å²) in [6.45, 7) is 16.3. The Balaban J connectivity index is 5.12. The fraction of sp³-hybridized carbons (Fsp3) is 1.00. The van der Waals surface area contributed by atoms with Crippen LogP contribution in [0.25, 0.3) is 0 Å². The first-order valence-corrected chi connectivity index (χ1v) is 6.32. The smallest absolute Gasteiger partial charge is 0.0620 e. The highest BCUT2D eigenvalue weighted by molar-refractivity contribution is 4.97. The minimum absolute atomic E-state index is 0.202. The normalized spacial score (nSPS) is 18.0. The molecule has 0 amide bonds. The van der Waals surface area contributed by atoms with Crippen LogP contribution in [0.1, 0.15) is 55.4 Å². The van der Waals surface area contributed by atoms with Crippen molar-refractivity contribution in [3.05, 3.63) is 0 Å². The van der Waals surface area contributed by atoms with Crippen molar-refractivity contribution in [2.24, 2.45) is 22.7 Å². The lowest BCUT2D eigenvalue weighted by Gasteiger charge is -2.50. The van der Waals surface area contributed by atoms with E-state index >= 15 is 0 Å². The Morgan fingerprint density at radius 2 is 0.812 bits per heavy atom. The van der Waals surface area contributed by atoms with Gasteiger partial charge >= 0.3 is 0 Å². The zero-order chi connectivity index (χ0) is 13.3. The second kappa shape index (κ2) is 5.05. The Morgan fingerprint density at radius 3 is 0.938 bits per heavy atom. The number of hydrogen-bond acceptors (Lipinski definition) is 2. The van der Waals surface area contributed by atoms with Gasteiger partial charge in [-0.05, 0) is 22.7 Å². The summed E-state index contributed by atoms with van der Waals surface area (Å²) in [5, 5.41) is 20.6. The largest absolute Gasteiger partial charge is 0.392 e. The zero-order valence-corrected chi connectivity index (χ0v) is 12.2. The quantitative estimate of drug-likeness (QED) is 0.762. The van der Waals surface area contributed by atoms with Gasteiger partial charge in [0.05, 0.1) is 12.2 Å². The average Bonchev–Trinajstić information content (AvgIpc) is 2.14. The molecule has 0 aromatic heterocycles. The molecule has 2 heteroatoms. The molecule has 0 aliphatic carbocycles. The van der Waals surface area contributed by atoms with Crippen LogP contribution >= 0.6 is 0 Å². The number of aliphatic hydroxyl groups is 2. The minimum atomic E-state index is -0.407. The summed E-state index contributed by atoms with van der Waals surface area (Å²) in [6.07, 6.45) is -0.813. The fourth-order valence-electron chi connectivity index (χ4n) is 2.43. The van der Waals surface area contributed by atoms with Gasteiger partial charge in [0.1, 0.15) is 0 Å². The Kier molecular flexibility index (Phi) is 5.03. The van der Waals surface area contributed by atoms with Crippen LogP contribution in [0.15, 0.2) is 0 Å². The lowest BCUT2D eigenvalue weighted by molar-refractivity contribution is -0.126. The van der Waals surface area contributed by atoms with Crippen LogP contribution in [0.2, 0.25) is 0 Å². The average molecular weight is 230 g/mol. The highest BCUT2D eigenvalue weighted by Gasteiger charge is 2.48. The first-order valence-electron chi connectivity index (χ1n) is 6.32. The predicted octanol–water partition coefficient (Wildman–Crippen LogP) is 3.07. The van der Waals surface area contributed by atoms with E-state index in [0.29, 0.717) is 0 Å². The molecule has 0 bridgehead atoms. The van der Waals surface area contributed by atoms with Gasteiger partial charge in [-0.3, -0.25) is 0 Å². The Labute approximate surface area is 101 Å². The monoisotopic (exact) mass is 230 g/mol. The first kappa shape index (κ1) is 15.9. The van der Waals surface area contributed by atoms with Crippen molar-refractivity contribution in [1.29, 1.82) is 0 Å². The van der Waals surface area contributed by atoms with Gasteiger partial charge in [-0.15, -0.1) is 0 Å². The van der Waals surface area contributed by atoms with Gasteiger partial charge < -0.3 is 10.2 Å². The Hall–Kier alpha value is -0.0800. The molecular weight excluding hydrogens is 200 g/mol. The molecule has 0 aromatic rings. The predicted molar refractivity (Wildman–Crippen MR) is 69.3 cm³/mol. The summed E-state index contributed by atoms with van der Waals surface area (Å²) in [5.74, 6) is 0.405. The van der Waals surface area contributed by atoms with Crippen molar-refractivity contribution in [1.82, 2.24) is 0 Å². The van der Waals surface area contributed by atoms with E-state index in [9.17, 15) is 10.2 Å². The molecular formula is C14H30O2. The second-order valence-corrected chi connectivity index (χ2v) is 6.82. The summed E-state index contributed by atoms with van der Waals surface area (Å²) < 4.78 is 0. The van der Waals surface area contributed by atoms with E-state index < -0.39 is 12.2 Å². The molecule has 0 saturated carbocycles. The van der Waals surface area contributed by atoms with Gasteiger partial charge in [0.25, 0.3) is 0 Å². The van der Waals surface area contributed by atoms with E-state index in [0.717, 1.165) is 0 Å². The number of rotatable bonds is 5. The van der Waals surface area contributed by atoms with E-state index in [2.05, 4.69) is 0 Å². The van der Waals surface area contributed by atoms with E-state index in [1.54, 1.807) is 0 Å². The van der Waals surface area contributed by atoms with Crippen LogP contribution in [0, 0.1) is 22.7 Å². The molecule has 0 aromatic carbocycles. The molecule has 2 atom stereocenters. The molecule has 0 rings (SSSR count). The van der Waals surface area contributed by atoms with Gasteiger partial charge in [0.15, 0.2) is 0 Å². The van der Waals surface area contributed by atoms with E-state index in [-0.39, 0.29) is 22.7 Å². The Morgan fingerprint density at radius 1 is 0.625 bits per heavy atom. The van der Waals surface area contributed by atoms with Crippen molar-refractivity contribution in [3.8, 4) is 0 Å². The third-order valence-corrected chi connectivity index (χ3v) is 4.40. The number of hydrogen-bond donors (Lipinski definition) is 2. The maximum atomic E-state index is 10.3. The summed E-state index contributed by atoms with van der Waals surface area (Å²) >= 11 is 0. The molecule has 0 radical (unpaired) electrons. The lowest BCUT2D eigenvalue weighted by Crippen LogP contribution is -2.52. The molecule has 0 aliphatic rings. The van der Waals surface area contributed by atoms with E-state index in [4.69, 9.17) is 0 Å². The van der Waals surface area contributed by atoms with Crippen LogP contribution < -0.4 is 0 Å². The highest BCUT2D eigenvalue weighted by atomic mass is 16.3.